The topological polar surface area (TPSA) is 34.1 Å². The Hall–Kier alpha value is -0.450. The Bertz CT molecular complexity index is 721. The summed E-state index contributed by atoms with van der Waals surface area (Å²) in [7, 11) is -3.82. The van der Waals surface area contributed by atoms with Crippen molar-refractivity contribution in [2.75, 3.05) is 0 Å². The predicted molar refractivity (Wildman–Crippen MR) is 78.4 cm³/mol. The van der Waals surface area contributed by atoms with Crippen LogP contribution in [0.1, 0.15) is 0 Å². The van der Waals surface area contributed by atoms with Gasteiger partial charge in [-0.25, -0.2) is 8.42 Å². The zero-order valence-corrected chi connectivity index (χ0v) is 13.0. The van der Waals surface area contributed by atoms with Gasteiger partial charge in [0.1, 0.15) is 0 Å². The van der Waals surface area contributed by atoms with Crippen molar-refractivity contribution < 1.29 is 8.42 Å². The van der Waals surface area contributed by atoms with Gasteiger partial charge in [-0.2, -0.15) is 0 Å². The highest BCUT2D eigenvalue weighted by Gasteiger charge is 2.22. The molecule has 2 rings (SSSR count). The molecule has 0 saturated heterocycles. The fraction of sp³-hybridized carbons (Fsp3) is 0. The fourth-order valence-corrected chi connectivity index (χ4v) is 4.23. The lowest BCUT2D eigenvalue weighted by Crippen LogP contribution is -2.03. The minimum atomic E-state index is -3.82. The number of hydrogen-bond donors (Lipinski definition) is 0. The number of hydrogen-bond acceptors (Lipinski definition) is 2. The lowest BCUT2D eigenvalue weighted by Gasteiger charge is -2.08. The minimum absolute atomic E-state index is 0.0332. The van der Waals surface area contributed by atoms with E-state index in [0.29, 0.717) is 0 Å². The van der Waals surface area contributed by atoms with Crippen LogP contribution in [0.25, 0.3) is 0 Å². The highest BCUT2D eigenvalue weighted by Crippen LogP contribution is 2.32. The van der Waals surface area contributed by atoms with Gasteiger partial charge >= 0.3 is 0 Å². The maximum Gasteiger partial charge on any atom is 0.208 e. The van der Waals surface area contributed by atoms with E-state index in [-0.39, 0.29) is 29.9 Å². The highest BCUT2D eigenvalue weighted by atomic mass is 35.5. The van der Waals surface area contributed by atoms with E-state index in [1.165, 1.54) is 36.4 Å². The van der Waals surface area contributed by atoms with Crippen LogP contribution in [0.3, 0.4) is 0 Å². The van der Waals surface area contributed by atoms with Gasteiger partial charge in [0, 0.05) is 15.1 Å². The average Bonchev–Trinajstić information content (AvgIpc) is 2.31. The molecule has 0 saturated carbocycles. The first kappa shape index (κ1) is 14.9. The van der Waals surface area contributed by atoms with Gasteiger partial charge < -0.3 is 0 Å². The maximum atomic E-state index is 12.5. The molecule has 2 aromatic rings. The van der Waals surface area contributed by atoms with Crippen LogP contribution in [0.2, 0.25) is 20.1 Å². The van der Waals surface area contributed by atoms with Crippen LogP contribution in [0, 0.1) is 0 Å². The molecule has 0 unspecified atom stereocenters. The normalized spacial score (nSPS) is 11.6. The molecule has 0 fully saturated rings. The summed E-state index contributed by atoms with van der Waals surface area (Å²) in [4.78, 5) is -0.117. The van der Waals surface area contributed by atoms with Crippen molar-refractivity contribution in [3.63, 3.8) is 0 Å². The Balaban J connectivity index is 2.68. The van der Waals surface area contributed by atoms with E-state index in [0.717, 1.165) is 0 Å². The summed E-state index contributed by atoms with van der Waals surface area (Å²) < 4.78 is 24.9. The molecule has 19 heavy (non-hydrogen) atoms. The Kier molecular flexibility index (Phi) is 4.33. The quantitative estimate of drug-likeness (QED) is 0.747. The van der Waals surface area contributed by atoms with E-state index >= 15 is 0 Å². The van der Waals surface area contributed by atoms with Crippen LogP contribution in [0.5, 0.6) is 0 Å². The Morgan fingerprint density at radius 3 is 1.89 bits per heavy atom. The average molecular weight is 356 g/mol. The van der Waals surface area contributed by atoms with Crippen LogP contribution in [-0.4, -0.2) is 8.42 Å². The third-order valence-corrected chi connectivity index (χ3v) is 5.22. The lowest BCUT2D eigenvalue weighted by molar-refractivity contribution is 0.596. The second kappa shape index (κ2) is 5.51. The zero-order valence-electron chi connectivity index (χ0n) is 9.20. The molecule has 0 atom stereocenters. The molecule has 0 N–H and O–H groups in total. The van der Waals surface area contributed by atoms with Gasteiger partial charge in [0.25, 0.3) is 0 Å². The van der Waals surface area contributed by atoms with E-state index in [1.807, 2.05) is 0 Å². The van der Waals surface area contributed by atoms with Crippen molar-refractivity contribution in [3.05, 3.63) is 56.5 Å². The van der Waals surface area contributed by atoms with Crippen molar-refractivity contribution >= 4 is 56.2 Å². The number of halogens is 4. The largest absolute Gasteiger partial charge is 0.218 e. The van der Waals surface area contributed by atoms with Crippen LogP contribution < -0.4 is 0 Å². The first-order chi connectivity index (χ1) is 8.80. The van der Waals surface area contributed by atoms with Gasteiger partial charge in [0.2, 0.25) is 9.84 Å². The van der Waals surface area contributed by atoms with Crippen LogP contribution in [-0.2, 0) is 9.84 Å². The van der Waals surface area contributed by atoms with Gasteiger partial charge in [-0.3, -0.25) is 0 Å². The summed E-state index contributed by atoms with van der Waals surface area (Å²) in [6.45, 7) is 0. The molecule has 2 nitrogen and oxygen atoms in total. The second-order valence-electron chi connectivity index (χ2n) is 3.68. The molecule has 0 bridgehead atoms. The molecule has 2 aromatic carbocycles. The summed E-state index contributed by atoms with van der Waals surface area (Å²) in [5, 5.41) is 0.810. The zero-order chi connectivity index (χ0) is 14.2. The van der Waals surface area contributed by atoms with Crippen molar-refractivity contribution in [3.8, 4) is 0 Å². The van der Waals surface area contributed by atoms with Gasteiger partial charge in [-0.1, -0.05) is 46.4 Å². The Morgan fingerprint density at radius 2 is 1.32 bits per heavy atom. The van der Waals surface area contributed by atoms with Crippen LogP contribution in [0.15, 0.2) is 46.2 Å². The van der Waals surface area contributed by atoms with Gasteiger partial charge in [0.15, 0.2) is 0 Å². The molecular formula is C12H6Cl4O2S. The number of sulfone groups is 1. The molecule has 7 heteroatoms. The molecule has 0 aliphatic carbocycles. The van der Waals surface area contributed by atoms with Crippen molar-refractivity contribution in [1.29, 1.82) is 0 Å². The fourth-order valence-electron chi connectivity index (χ4n) is 1.49. The van der Waals surface area contributed by atoms with Crippen molar-refractivity contribution in [1.82, 2.24) is 0 Å². The standard InChI is InChI=1S/C12H6Cl4O2S/c13-7-1-2-11(16)12(6-7)19(17,18)10-4-8(14)3-9(15)5-10/h1-6H. The van der Waals surface area contributed by atoms with Gasteiger partial charge in [0.05, 0.1) is 14.8 Å². The van der Waals surface area contributed by atoms with E-state index in [4.69, 9.17) is 46.4 Å². The Labute approximate surface area is 130 Å². The summed E-state index contributed by atoms with van der Waals surface area (Å²) >= 11 is 23.3. The highest BCUT2D eigenvalue weighted by molar-refractivity contribution is 7.91. The molecule has 0 aliphatic rings. The van der Waals surface area contributed by atoms with E-state index in [1.54, 1.807) is 0 Å². The molecule has 0 aromatic heterocycles. The van der Waals surface area contributed by atoms with Crippen molar-refractivity contribution in [2.45, 2.75) is 9.79 Å². The van der Waals surface area contributed by atoms with Crippen LogP contribution in [0.4, 0.5) is 0 Å². The third kappa shape index (κ3) is 3.18. The number of rotatable bonds is 2. The SMILES string of the molecule is O=S(=O)(c1cc(Cl)cc(Cl)c1)c1cc(Cl)ccc1Cl. The van der Waals surface area contributed by atoms with Gasteiger partial charge in [-0.05, 0) is 36.4 Å². The van der Waals surface area contributed by atoms with Crippen LogP contribution >= 0.6 is 46.4 Å². The van der Waals surface area contributed by atoms with E-state index < -0.39 is 9.84 Å². The third-order valence-electron chi connectivity index (χ3n) is 2.33. The first-order valence-corrected chi connectivity index (χ1v) is 7.96. The van der Waals surface area contributed by atoms with E-state index in [9.17, 15) is 8.42 Å². The number of benzene rings is 2. The molecule has 0 heterocycles. The molecule has 100 valence electrons. The monoisotopic (exact) mass is 354 g/mol. The first-order valence-electron chi connectivity index (χ1n) is 4.97. The Morgan fingerprint density at radius 1 is 0.737 bits per heavy atom. The summed E-state index contributed by atoms with van der Waals surface area (Å²) in [5.41, 5.74) is 0. The molecule has 0 radical (unpaired) electrons. The second-order valence-corrected chi connectivity index (χ2v) is 7.32. The smallest absolute Gasteiger partial charge is 0.208 e. The molecular weight excluding hydrogens is 350 g/mol. The summed E-state index contributed by atoms with van der Waals surface area (Å²) in [6, 6.07) is 8.27. The molecule has 0 amide bonds. The van der Waals surface area contributed by atoms with E-state index in [2.05, 4.69) is 0 Å². The van der Waals surface area contributed by atoms with Crippen molar-refractivity contribution in [2.24, 2.45) is 0 Å². The summed E-state index contributed by atoms with van der Waals surface area (Å²) in [5.74, 6) is 0. The minimum Gasteiger partial charge on any atom is -0.218 e. The predicted octanol–water partition coefficient (Wildman–Crippen LogP) is 5.13. The van der Waals surface area contributed by atoms with Gasteiger partial charge in [-0.15, -0.1) is 0 Å². The lowest BCUT2D eigenvalue weighted by atomic mass is 10.3. The molecule has 0 spiro atoms. The summed E-state index contributed by atoms with van der Waals surface area (Å²) in [6.07, 6.45) is 0. The maximum absolute atomic E-state index is 12.5. The molecule has 0 aliphatic heterocycles.